The number of piperidine rings is 1. The summed E-state index contributed by atoms with van der Waals surface area (Å²) >= 11 is 1.29. The number of aromatic nitrogens is 3. The number of benzene rings is 1. The zero-order valence-corrected chi connectivity index (χ0v) is 17.4. The van der Waals surface area contributed by atoms with Crippen LogP contribution in [-0.2, 0) is 21.2 Å². The second-order valence-corrected chi connectivity index (χ2v) is 9.92. The van der Waals surface area contributed by atoms with Gasteiger partial charge in [0.15, 0.2) is 0 Å². The highest BCUT2D eigenvalue weighted by atomic mass is 32.2. The summed E-state index contributed by atoms with van der Waals surface area (Å²) < 4.78 is 27.4. The number of nitrogens with zero attached hydrogens (tertiary/aromatic N) is 4. The van der Waals surface area contributed by atoms with E-state index in [1.807, 2.05) is 6.92 Å². The van der Waals surface area contributed by atoms with Crippen LogP contribution < -0.4 is 4.90 Å². The van der Waals surface area contributed by atoms with E-state index >= 15 is 0 Å². The number of rotatable bonds is 5. The molecule has 0 atom stereocenters. The molecular weight excluding hydrogens is 398 g/mol. The molecule has 0 bridgehead atoms. The number of carbonyl (C=O) groups excluding carboxylic acids is 1. The molecule has 1 fully saturated rings. The van der Waals surface area contributed by atoms with E-state index in [4.69, 9.17) is 0 Å². The molecule has 4 rings (SSSR count). The first-order chi connectivity index (χ1) is 13.4. The predicted octanol–water partition coefficient (Wildman–Crippen LogP) is 1.97. The number of H-pyrrole nitrogens is 1. The molecule has 10 heteroatoms. The number of hydrogen-bond acceptors (Lipinski definition) is 6. The molecule has 0 radical (unpaired) electrons. The number of anilines is 1. The van der Waals surface area contributed by atoms with Crippen LogP contribution in [0.1, 0.15) is 30.7 Å². The van der Waals surface area contributed by atoms with Crippen molar-refractivity contribution < 1.29 is 13.2 Å². The molecule has 1 amide bonds. The molecule has 0 aliphatic carbocycles. The summed E-state index contributed by atoms with van der Waals surface area (Å²) in [7, 11) is -3.46. The lowest BCUT2D eigenvalue weighted by Crippen LogP contribution is -2.35. The lowest BCUT2D eigenvalue weighted by molar-refractivity contribution is -0.116. The molecule has 150 valence electrons. The number of carbonyl (C=O) groups is 1. The zero-order chi connectivity index (χ0) is 19.7. The second kappa shape index (κ2) is 7.84. The van der Waals surface area contributed by atoms with Crippen molar-refractivity contribution in [1.82, 2.24) is 19.5 Å². The fourth-order valence-corrected chi connectivity index (χ4v) is 5.93. The number of hydrogen-bond donors (Lipinski definition) is 1. The smallest absolute Gasteiger partial charge is 0.243 e. The van der Waals surface area contributed by atoms with Crippen LogP contribution in [0.15, 0.2) is 28.3 Å². The minimum absolute atomic E-state index is 0.0298. The van der Waals surface area contributed by atoms with E-state index in [1.54, 1.807) is 27.4 Å². The lowest BCUT2D eigenvalue weighted by Gasteiger charge is -2.26. The Morgan fingerprint density at radius 2 is 2.00 bits per heavy atom. The number of aromatic amines is 1. The Kier molecular flexibility index (Phi) is 5.44. The van der Waals surface area contributed by atoms with Crippen LogP contribution in [0.5, 0.6) is 0 Å². The van der Waals surface area contributed by atoms with Crippen LogP contribution in [0.2, 0.25) is 0 Å². The fourth-order valence-electron chi connectivity index (χ4n) is 3.64. The Hall–Kier alpha value is -1.91. The highest BCUT2D eigenvalue weighted by Gasteiger charge is 2.30. The van der Waals surface area contributed by atoms with Gasteiger partial charge in [-0.3, -0.25) is 9.89 Å². The molecule has 0 unspecified atom stereocenters. The Bertz CT molecular complexity index is 983. The molecule has 0 spiro atoms. The summed E-state index contributed by atoms with van der Waals surface area (Å²) in [5.41, 5.74) is 1.71. The van der Waals surface area contributed by atoms with Gasteiger partial charge in [-0.2, -0.15) is 4.31 Å². The molecule has 1 saturated heterocycles. The molecule has 2 aliphatic heterocycles. The molecule has 1 aromatic carbocycles. The maximum atomic E-state index is 12.9. The van der Waals surface area contributed by atoms with E-state index in [9.17, 15) is 13.2 Å². The number of thioether (sulfide) groups is 1. The van der Waals surface area contributed by atoms with Gasteiger partial charge < -0.3 is 4.90 Å². The van der Waals surface area contributed by atoms with Gasteiger partial charge in [0.1, 0.15) is 5.82 Å². The average Bonchev–Trinajstić information content (AvgIpc) is 3.32. The van der Waals surface area contributed by atoms with E-state index in [-0.39, 0.29) is 11.7 Å². The maximum absolute atomic E-state index is 12.9. The largest absolute Gasteiger partial charge is 0.311 e. The van der Waals surface area contributed by atoms with E-state index in [0.717, 1.165) is 30.5 Å². The Balaban J connectivity index is 1.47. The van der Waals surface area contributed by atoms with Crippen molar-refractivity contribution >= 4 is 33.4 Å². The van der Waals surface area contributed by atoms with Gasteiger partial charge in [0.25, 0.3) is 0 Å². The number of amides is 1. The minimum Gasteiger partial charge on any atom is -0.311 e. The summed E-state index contributed by atoms with van der Waals surface area (Å²) in [5.74, 6) is 0.923. The van der Waals surface area contributed by atoms with Crippen LogP contribution in [0.4, 0.5) is 5.69 Å². The highest BCUT2D eigenvalue weighted by Crippen LogP contribution is 2.32. The molecule has 3 heterocycles. The highest BCUT2D eigenvalue weighted by molar-refractivity contribution is 7.99. The number of nitrogens with one attached hydrogen (secondary N) is 1. The lowest BCUT2D eigenvalue weighted by atomic mass is 10.2. The predicted molar refractivity (Wildman–Crippen MR) is 107 cm³/mol. The Labute approximate surface area is 168 Å². The van der Waals surface area contributed by atoms with E-state index in [1.165, 1.54) is 11.8 Å². The van der Waals surface area contributed by atoms with Crippen molar-refractivity contribution in [3.8, 4) is 0 Å². The zero-order valence-electron chi connectivity index (χ0n) is 15.7. The topological polar surface area (TPSA) is 99.3 Å². The van der Waals surface area contributed by atoms with Gasteiger partial charge >= 0.3 is 0 Å². The van der Waals surface area contributed by atoms with Crippen LogP contribution in [-0.4, -0.2) is 59.2 Å². The number of aryl methyl sites for hydroxylation is 1. The van der Waals surface area contributed by atoms with E-state index < -0.39 is 10.0 Å². The summed E-state index contributed by atoms with van der Waals surface area (Å²) in [6.07, 6.45) is 3.57. The van der Waals surface area contributed by atoms with Crippen molar-refractivity contribution in [1.29, 1.82) is 0 Å². The van der Waals surface area contributed by atoms with Gasteiger partial charge in [-0.15, -0.1) is 5.10 Å². The maximum Gasteiger partial charge on any atom is 0.243 e. The monoisotopic (exact) mass is 421 g/mol. The van der Waals surface area contributed by atoms with Crippen molar-refractivity contribution in [2.45, 2.75) is 42.7 Å². The van der Waals surface area contributed by atoms with Gasteiger partial charge in [-0.1, -0.05) is 18.2 Å². The quantitative estimate of drug-likeness (QED) is 0.741. The van der Waals surface area contributed by atoms with Crippen molar-refractivity contribution in [3.63, 3.8) is 0 Å². The van der Waals surface area contributed by atoms with Gasteiger partial charge in [0.05, 0.1) is 10.6 Å². The summed E-state index contributed by atoms with van der Waals surface area (Å²) in [5, 5.41) is 7.33. The summed E-state index contributed by atoms with van der Waals surface area (Å²) in [6, 6.07) is 5.12. The molecule has 2 aliphatic rings. The van der Waals surface area contributed by atoms with E-state index in [0.29, 0.717) is 41.9 Å². The normalized spacial score (nSPS) is 17.7. The van der Waals surface area contributed by atoms with E-state index in [2.05, 4.69) is 15.2 Å². The summed E-state index contributed by atoms with van der Waals surface area (Å²) in [4.78, 5) is 18.9. The van der Waals surface area contributed by atoms with Gasteiger partial charge in [-0.05, 0) is 49.9 Å². The van der Waals surface area contributed by atoms with Crippen LogP contribution in [0.25, 0.3) is 0 Å². The molecule has 8 nitrogen and oxygen atoms in total. The second-order valence-electron chi connectivity index (χ2n) is 7.04. The van der Waals surface area contributed by atoms with Gasteiger partial charge in [0.2, 0.25) is 21.1 Å². The first-order valence-electron chi connectivity index (χ1n) is 9.40. The first kappa shape index (κ1) is 19.4. The minimum atomic E-state index is -3.46. The van der Waals surface area contributed by atoms with Gasteiger partial charge in [0, 0.05) is 25.3 Å². The third-order valence-corrected chi connectivity index (χ3v) is 7.83. The van der Waals surface area contributed by atoms with Crippen LogP contribution >= 0.6 is 11.8 Å². The molecular formula is C18H23N5O3S2. The molecule has 1 aromatic heterocycles. The number of sulfonamides is 1. The standard InChI is InChI=1S/C18H23N5O3S2/c1-13-19-18(21-20-13)27-12-17(24)23-10-7-14-11-15(5-6-16(14)23)28(25,26)22-8-3-2-4-9-22/h5-6,11H,2-4,7-10,12H2,1H3,(H,19,20,21). The van der Waals surface area contributed by atoms with Crippen LogP contribution in [0.3, 0.4) is 0 Å². The SMILES string of the molecule is Cc1nc(SCC(=O)N2CCc3cc(S(=O)(=O)N4CCCCC4)ccc32)n[nH]1. The average molecular weight is 422 g/mol. The van der Waals surface area contributed by atoms with Crippen molar-refractivity contribution in [2.24, 2.45) is 0 Å². The molecule has 1 N–H and O–H groups in total. The molecule has 2 aromatic rings. The van der Waals surface area contributed by atoms with Gasteiger partial charge in [-0.25, -0.2) is 13.4 Å². The summed E-state index contributed by atoms with van der Waals surface area (Å²) in [6.45, 7) is 3.55. The first-order valence-corrected chi connectivity index (χ1v) is 11.8. The number of fused-ring (bicyclic) bond motifs is 1. The Morgan fingerprint density at radius 1 is 1.21 bits per heavy atom. The molecule has 0 saturated carbocycles. The third-order valence-electron chi connectivity index (χ3n) is 5.10. The van der Waals surface area contributed by atoms with Crippen LogP contribution in [0, 0.1) is 6.92 Å². The molecule has 28 heavy (non-hydrogen) atoms. The van der Waals surface area contributed by atoms with Crippen molar-refractivity contribution in [3.05, 3.63) is 29.6 Å². The Morgan fingerprint density at radius 3 is 2.71 bits per heavy atom. The third kappa shape index (κ3) is 3.81. The fraction of sp³-hybridized carbons (Fsp3) is 0.500. The van der Waals surface area contributed by atoms with Crippen molar-refractivity contribution in [2.75, 3.05) is 30.3 Å².